The topological polar surface area (TPSA) is 37.3 Å². The highest BCUT2D eigenvalue weighted by Crippen LogP contribution is 2.29. The minimum Gasteiger partial charge on any atom is -0.481 e. The summed E-state index contributed by atoms with van der Waals surface area (Å²) in [5, 5.41) is 11.2. The normalized spacial score (nSPS) is 12.2. The maximum atomic E-state index is 11.2. The molecular formula is C13H12O2S2. The highest BCUT2D eigenvalue weighted by atomic mass is 32.2. The number of aliphatic carboxylic acids is 1. The summed E-state index contributed by atoms with van der Waals surface area (Å²) in [6.07, 6.45) is 0. The summed E-state index contributed by atoms with van der Waals surface area (Å²) in [4.78, 5) is 11.2. The minimum absolute atomic E-state index is 0.441. The number of carbonyl (C=O) groups is 1. The molecule has 0 aliphatic carbocycles. The Morgan fingerprint density at radius 3 is 2.59 bits per heavy atom. The lowest BCUT2D eigenvalue weighted by Gasteiger charge is -2.11. The van der Waals surface area contributed by atoms with E-state index in [4.69, 9.17) is 0 Å². The van der Waals surface area contributed by atoms with E-state index in [1.54, 1.807) is 23.1 Å². The number of carboxylic acid groups (broad SMARTS) is 1. The molecule has 88 valence electrons. The zero-order valence-electron chi connectivity index (χ0n) is 9.08. The van der Waals surface area contributed by atoms with E-state index in [1.165, 1.54) is 0 Å². The second-order valence-electron chi connectivity index (χ2n) is 3.54. The lowest BCUT2D eigenvalue weighted by molar-refractivity contribution is -0.138. The summed E-state index contributed by atoms with van der Waals surface area (Å²) in [6, 6.07) is 13.4. The molecule has 0 aliphatic heterocycles. The molecule has 0 radical (unpaired) electrons. The van der Waals surface area contributed by atoms with Crippen molar-refractivity contribution in [3.05, 3.63) is 53.4 Å². The van der Waals surface area contributed by atoms with Gasteiger partial charge in [0, 0.05) is 5.75 Å². The van der Waals surface area contributed by atoms with Crippen molar-refractivity contribution < 1.29 is 9.90 Å². The van der Waals surface area contributed by atoms with Gasteiger partial charge in [-0.2, -0.15) is 0 Å². The molecule has 2 aromatic rings. The van der Waals surface area contributed by atoms with Crippen molar-refractivity contribution in [3.63, 3.8) is 0 Å². The largest absolute Gasteiger partial charge is 0.481 e. The first-order valence-electron chi connectivity index (χ1n) is 5.21. The van der Waals surface area contributed by atoms with Crippen LogP contribution in [-0.2, 0) is 4.79 Å². The van der Waals surface area contributed by atoms with Gasteiger partial charge in [0.15, 0.2) is 0 Å². The third-order valence-corrected chi connectivity index (χ3v) is 4.61. The van der Waals surface area contributed by atoms with E-state index in [1.807, 2.05) is 47.8 Å². The van der Waals surface area contributed by atoms with Gasteiger partial charge >= 0.3 is 5.97 Å². The molecule has 0 aliphatic rings. The van der Waals surface area contributed by atoms with E-state index in [2.05, 4.69) is 0 Å². The van der Waals surface area contributed by atoms with Crippen molar-refractivity contribution >= 4 is 29.1 Å². The van der Waals surface area contributed by atoms with Crippen LogP contribution in [0.2, 0.25) is 0 Å². The molecule has 4 heteroatoms. The Labute approximate surface area is 108 Å². The van der Waals surface area contributed by atoms with Gasteiger partial charge in [0.1, 0.15) is 0 Å². The van der Waals surface area contributed by atoms with Crippen LogP contribution in [-0.4, -0.2) is 16.8 Å². The molecule has 0 fully saturated rings. The third kappa shape index (κ3) is 3.35. The first kappa shape index (κ1) is 12.2. The second-order valence-corrected chi connectivity index (χ2v) is 5.81. The number of rotatable bonds is 5. The van der Waals surface area contributed by atoms with Gasteiger partial charge in [-0.3, -0.25) is 4.79 Å². The van der Waals surface area contributed by atoms with E-state index >= 15 is 0 Å². The number of hydrogen-bond acceptors (Lipinski definition) is 3. The minimum atomic E-state index is -0.764. The molecule has 0 saturated heterocycles. The van der Waals surface area contributed by atoms with Crippen LogP contribution in [0.3, 0.4) is 0 Å². The Bertz CT molecular complexity index is 465. The molecule has 0 amide bonds. The van der Waals surface area contributed by atoms with E-state index in [-0.39, 0.29) is 0 Å². The predicted octanol–water partition coefficient (Wildman–Crippen LogP) is 3.71. The summed E-state index contributed by atoms with van der Waals surface area (Å²) in [5.74, 6) is -0.636. The van der Waals surface area contributed by atoms with Gasteiger partial charge in [0.2, 0.25) is 0 Å². The maximum Gasteiger partial charge on any atom is 0.311 e. The lowest BCUT2D eigenvalue weighted by Crippen LogP contribution is -2.13. The zero-order valence-corrected chi connectivity index (χ0v) is 10.7. The number of thiophene rings is 1. The van der Waals surface area contributed by atoms with Gasteiger partial charge < -0.3 is 5.11 Å². The quantitative estimate of drug-likeness (QED) is 0.836. The maximum absolute atomic E-state index is 11.2. The predicted molar refractivity (Wildman–Crippen MR) is 71.9 cm³/mol. The summed E-state index contributed by atoms with van der Waals surface area (Å²) < 4.78 is 1.16. The van der Waals surface area contributed by atoms with Crippen LogP contribution in [0.1, 0.15) is 11.5 Å². The second kappa shape index (κ2) is 5.89. The molecule has 1 N–H and O–H groups in total. The highest BCUT2D eigenvalue weighted by Gasteiger charge is 2.19. The fraction of sp³-hybridized carbons (Fsp3) is 0.154. The van der Waals surface area contributed by atoms with Crippen molar-refractivity contribution in [1.82, 2.24) is 0 Å². The molecule has 0 bridgehead atoms. The first-order chi connectivity index (χ1) is 8.27. The van der Waals surface area contributed by atoms with E-state index < -0.39 is 11.9 Å². The summed E-state index contributed by atoms with van der Waals surface area (Å²) in [6.45, 7) is 0. The summed E-state index contributed by atoms with van der Waals surface area (Å²) in [7, 11) is 0. The van der Waals surface area contributed by atoms with Gasteiger partial charge in [0.05, 0.1) is 10.1 Å². The molecule has 0 saturated carbocycles. The average molecular weight is 264 g/mol. The Morgan fingerprint density at radius 2 is 2.00 bits per heavy atom. The van der Waals surface area contributed by atoms with E-state index in [0.717, 1.165) is 9.77 Å². The molecule has 1 aromatic heterocycles. The van der Waals surface area contributed by atoms with Crippen molar-refractivity contribution in [2.45, 2.75) is 10.1 Å². The summed E-state index contributed by atoms with van der Waals surface area (Å²) >= 11 is 3.24. The van der Waals surface area contributed by atoms with Crippen LogP contribution < -0.4 is 0 Å². The van der Waals surface area contributed by atoms with Crippen molar-refractivity contribution in [2.75, 3.05) is 5.75 Å². The molecular weight excluding hydrogens is 252 g/mol. The fourth-order valence-corrected chi connectivity index (χ4v) is 3.44. The Kier molecular flexibility index (Phi) is 4.23. The molecule has 0 spiro atoms. The molecule has 2 rings (SSSR count). The monoisotopic (exact) mass is 264 g/mol. The SMILES string of the molecule is O=C(O)C(CSc1cccs1)c1ccccc1. The van der Waals surface area contributed by atoms with Gasteiger partial charge in [-0.05, 0) is 17.0 Å². The fourth-order valence-electron chi connectivity index (χ4n) is 1.51. The molecule has 17 heavy (non-hydrogen) atoms. The van der Waals surface area contributed by atoms with Crippen LogP contribution in [0.25, 0.3) is 0 Å². The first-order valence-corrected chi connectivity index (χ1v) is 7.08. The van der Waals surface area contributed by atoms with Gasteiger partial charge in [-0.25, -0.2) is 0 Å². The molecule has 1 aromatic carbocycles. The molecule has 2 nitrogen and oxygen atoms in total. The smallest absolute Gasteiger partial charge is 0.311 e. The van der Waals surface area contributed by atoms with Crippen LogP contribution in [0, 0.1) is 0 Å². The van der Waals surface area contributed by atoms with Gasteiger partial charge in [0.25, 0.3) is 0 Å². The van der Waals surface area contributed by atoms with E-state index in [0.29, 0.717) is 5.75 Å². The lowest BCUT2D eigenvalue weighted by atomic mass is 10.0. The highest BCUT2D eigenvalue weighted by molar-refractivity contribution is 8.01. The van der Waals surface area contributed by atoms with Crippen molar-refractivity contribution in [2.24, 2.45) is 0 Å². The van der Waals surface area contributed by atoms with Crippen LogP contribution in [0.5, 0.6) is 0 Å². The number of benzene rings is 1. The Hall–Kier alpha value is -1.26. The van der Waals surface area contributed by atoms with Crippen molar-refractivity contribution in [1.29, 1.82) is 0 Å². The van der Waals surface area contributed by atoms with E-state index in [9.17, 15) is 9.90 Å². The van der Waals surface area contributed by atoms with Crippen LogP contribution >= 0.6 is 23.1 Å². The third-order valence-electron chi connectivity index (χ3n) is 2.39. The molecule has 1 heterocycles. The standard InChI is InChI=1S/C13H12O2S2/c14-13(15)11(10-5-2-1-3-6-10)9-17-12-7-4-8-16-12/h1-8,11H,9H2,(H,14,15). The van der Waals surface area contributed by atoms with Gasteiger partial charge in [-0.1, -0.05) is 36.4 Å². The van der Waals surface area contributed by atoms with Crippen LogP contribution in [0.15, 0.2) is 52.1 Å². The Balaban J connectivity index is 2.06. The van der Waals surface area contributed by atoms with Crippen LogP contribution in [0.4, 0.5) is 0 Å². The summed E-state index contributed by atoms with van der Waals surface area (Å²) in [5.41, 5.74) is 0.865. The molecule has 1 atom stereocenters. The van der Waals surface area contributed by atoms with Crippen molar-refractivity contribution in [3.8, 4) is 0 Å². The Morgan fingerprint density at radius 1 is 1.24 bits per heavy atom. The number of hydrogen-bond donors (Lipinski definition) is 1. The number of thioether (sulfide) groups is 1. The average Bonchev–Trinajstić information content (AvgIpc) is 2.83. The zero-order chi connectivity index (χ0) is 12.1. The van der Waals surface area contributed by atoms with Gasteiger partial charge in [-0.15, -0.1) is 23.1 Å². The molecule has 1 unspecified atom stereocenters. The number of carboxylic acids is 1.